The molecule has 0 aliphatic heterocycles. The zero-order valence-corrected chi connectivity index (χ0v) is 18.8. The molecule has 1 N–H and O–H groups in total. The summed E-state index contributed by atoms with van der Waals surface area (Å²) in [4.78, 5) is 25.0. The lowest BCUT2D eigenvalue weighted by Crippen LogP contribution is -2.10. The summed E-state index contributed by atoms with van der Waals surface area (Å²) in [6, 6.07) is 8.93. The van der Waals surface area contributed by atoms with Crippen molar-refractivity contribution in [3.8, 4) is 23.6 Å². The second-order valence-electron chi connectivity index (χ2n) is 6.37. The number of carbonyl (C=O) groups is 1. The Bertz CT molecular complexity index is 1150. The van der Waals surface area contributed by atoms with E-state index in [0.29, 0.717) is 22.9 Å². The van der Waals surface area contributed by atoms with Crippen LogP contribution in [0.3, 0.4) is 0 Å². The number of esters is 1. The average molecular weight is 484 g/mol. The first-order valence-corrected chi connectivity index (χ1v) is 9.77. The SMILES string of the molecule is COC(=O)c1nc(Nc2ccc(OC)nc2)nc(Oc2c(C)cc(C#N)cc2C)c1Br. The largest absolute Gasteiger partial charge is 0.481 e. The van der Waals surface area contributed by atoms with Gasteiger partial charge < -0.3 is 19.5 Å². The summed E-state index contributed by atoms with van der Waals surface area (Å²) in [5.41, 5.74) is 2.58. The topological polar surface area (TPSA) is 119 Å². The number of aryl methyl sites for hydroxylation is 2. The minimum Gasteiger partial charge on any atom is -0.481 e. The summed E-state index contributed by atoms with van der Waals surface area (Å²) >= 11 is 3.34. The van der Waals surface area contributed by atoms with Crippen LogP contribution in [-0.4, -0.2) is 35.1 Å². The number of carbonyl (C=O) groups excluding carboxylic acids is 1. The summed E-state index contributed by atoms with van der Waals surface area (Å²) < 4.78 is 16.1. The fourth-order valence-corrected chi connectivity index (χ4v) is 3.18. The maximum atomic E-state index is 12.3. The van der Waals surface area contributed by atoms with Crippen molar-refractivity contribution >= 4 is 33.5 Å². The van der Waals surface area contributed by atoms with Crippen LogP contribution in [0.25, 0.3) is 0 Å². The van der Waals surface area contributed by atoms with E-state index in [1.165, 1.54) is 20.4 Å². The number of pyridine rings is 1. The van der Waals surface area contributed by atoms with Crippen LogP contribution in [0.1, 0.15) is 27.2 Å². The van der Waals surface area contributed by atoms with Crippen molar-refractivity contribution in [2.24, 2.45) is 0 Å². The molecule has 9 nitrogen and oxygen atoms in total. The third kappa shape index (κ3) is 4.90. The highest BCUT2D eigenvalue weighted by Gasteiger charge is 2.22. The lowest BCUT2D eigenvalue weighted by molar-refractivity contribution is 0.0592. The van der Waals surface area contributed by atoms with Gasteiger partial charge in [0.1, 0.15) is 10.2 Å². The van der Waals surface area contributed by atoms with Crippen molar-refractivity contribution < 1.29 is 19.0 Å². The van der Waals surface area contributed by atoms with Gasteiger partial charge in [0.25, 0.3) is 0 Å². The summed E-state index contributed by atoms with van der Waals surface area (Å²) in [6.45, 7) is 3.64. The van der Waals surface area contributed by atoms with Gasteiger partial charge in [0.05, 0.1) is 37.7 Å². The number of rotatable bonds is 6. The molecule has 0 amide bonds. The molecule has 0 saturated heterocycles. The molecule has 0 unspecified atom stereocenters. The molecular weight excluding hydrogens is 466 g/mol. The predicted octanol–water partition coefficient (Wildman–Crippen LogP) is 4.45. The van der Waals surface area contributed by atoms with Crippen LogP contribution in [0.5, 0.6) is 17.5 Å². The predicted molar refractivity (Wildman–Crippen MR) is 116 cm³/mol. The molecule has 0 saturated carbocycles. The van der Waals surface area contributed by atoms with Crippen LogP contribution in [0, 0.1) is 25.2 Å². The van der Waals surface area contributed by atoms with Crippen molar-refractivity contribution in [2.45, 2.75) is 13.8 Å². The quantitative estimate of drug-likeness (QED) is 0.506. The normalized spacial score (nSPS) is 10.2. The highest BCUT2D eigenvalue weighted by Crippen LogP contribution is 2.35. The Balaban J connectivity index is 2.04. The third-order valence-corrected chi connectivity index (χ3v) is 4.90. The van der Waals surface area contributed by atoms with Crippen LogP contribution in [0.2, 0.25) is 0 Å². The monoisotopic (exact) mass is 483 g/mol. The zero-order valence-electron chi connectivity index (χ0n) is 17.2. The minimum absolute atomic E-state index is 0.0135. The maximum Gasteiger partial charge on any atom is 0.358 e. The number of nitriles is 1. The molecule has 3 aromatic rings. The molecule has 0 aliphatic carbocycles. The Labute approximate surface area is 187 Å². The number of anilines is 2. The van der Waals surface area contributed by atoms with Gasteiger partial charge in [-0.05, 0) is 59.1 Å². The first-order valence-electron chi connectivity index (χ1n) is 8.98. The smallest absolute Gasteiger partial charge is 0.358 e. The number of benzene rings is 1. The molecule has 31 heavy (non-hydrogen) atoms. The lowest BCUT2D eigenvalue weighted by Gasteiger charge is -2.15. The Hall–Kier alpha value is -3.71. The van der Waals surface area contributed by atoms with E-state index < -0.39 is 5.97 Å². The Morgan fingerprint density at radius 1 is 1.16 bits per heavy atom. The molecule has 0 fully saturated rings. The van der Waals surface area contributed by atoms with Gasteiger partial charge in [-0.15, -0.1) is 0 Å². The van der Waals surface area contributed by atoms with E-state index in [2.05, 4.69) is 42.3 Å². The van der Waals surface area contributed by atoms with Crippen molar-refractivity contribution in [3.05, 3.63) is 57.3 Å². The van der Waals surface area contributed by atoms with Gasteiger partial charge in [-0.2, -0.15) is 10.2 Å². The van der Waals surface area contributed by atoms with Gasteiger partial charge in [-0.3, -0.25) is 0 Å². The van der Waals surface area contributed by atoms with E-state index in [4.69, 9.17) is 19.5 Å². The molecule has 1 aromatic carbocycles. The molecule has 158 valence electrons. The highest BCUT2D eigenvalue weighted by atomic mass is 79.9. The summed E-state index contributed by atoms with van der Waals surface area (Å²) in [5.74, 6) is 0.521. The van der Waals surface area contributed by atoms with Gasteiger partial charge in [-0.25, -0.2) is 14.8 Å². The van der Waals surface area contributed by atoms with Crippen LogP contribution < -0.4 is 14.8 Å². The molecule has 3 rings (SSSR count). The van der Waals surface area contributed by atoms with Crippen LogP contribution in [-0.2, 0) is 4.74 Å². The second kappa shape index (κ2) is 9.40. The molecule has 0 bridgehead atoms. The molecule has 0 radical (unpaired) electrons. The van der Waals surface area contributed by atoms with E-state index in [1.54, 1.807) is 24.3 Å². The van der Waals surface area contributed by atoms with E-state index in [9.17, 15) is 4.79 Å². The molecule has 2 heterocycles. The number of hydrogen-bond donors (Lipinski definition) is 1. The van der Waals surface area contributed by atoms with Crippen LogP contribution in [0.15, 0.2) is 34.9 Å². The van der Waals surface area contributed by atoms with Gasteiger partial charge >= 0.3 is 5.97 Å². The first-order chi connectivity index (χ1) is 14.9. The van der Waals surface area contributed by atoms with Crippen LogP contribution >= 0.6 is 15.9 Å². The molecule has 0 spiro atoms. The molecule has 10 heteroatoms. The third-order valence-electron chi connectivity index (χ3n) is 4.19. The van der Waals surface area contributed by atoms with E-state index in [-0.39, 0.29) is 22.0 Å². The maximum absolute atomic E-state index is 12.3. The number of ether oxygens (including phenoxy) is 3. The Kier molecular flexibility index (Phi) is 6.67. The second-order valence-corrected chi connectivity index (χ2v) is 7.17. The zero-order chi connectivity index (χ0) is 22.5. The van der Waals surface area contributed by atoms with Crippen molar-refractivity contribution in [1.82, 2.24) is 15.0 Å². The van der Waals surface area contributed by atoms with E-state index >= 15 is 0 Å². The number of hydrogen-bond acceptors (Lipinski definition) is 9. The van der Waals surface area contributed by atoms with Gasteiger partial charge in [0, 0.05) is 6.07 Å². The molecule has 0 atom stereocenters. The number of halogens is 1. The van der Waals surface area contributed by atoms with Gasteiger partial charge in [0.15, 0.2) is 5.69 Å². The van der Waals surface area contributed by atoms with E-state index in [1.807, 2.05) is 13.8 Å². The number of nitrogens with zero attached hydrogens (tertiary/aromatic N) is 4. The first kappa shape index (κ1) is 22.0. The number of nitrogens with one attached hydrogen (secondary N) is 1. The minimum atomic E-state index is -0.664. The standard InChI is InChI=1S/C21H18BrN5O4/c1-11-7-13(9-23)8-12(2)18(11)31-19-16(22)17(20(28)30-4)26-21(27-19)25-14-5-6-15(29-3)24-10-14/h5-8,10H,1-4H3,(H,25,26,27). The van der Waals surface area contributed by atoms with Gasteiger partial charge in [0.2, 0.25) is 17.7 Å². The average Bonchev–Trinajstić information content (AvgIpc) is 2.77. The fraction of sp³-hybridized carbons (Fsp3) is 0.190. The fourth-order valence-electron chi connectivity index (χ4n) is 2.76. The molecule has 2 aromatic heterocycles. The summed E-state index contributed by atoms with van der Waals surface area (Å²) in [5, 5.41) is 12.1. The summed E-state index contributed by atoms with van der Waals surface area (Å²) in [7, 11) is 2.78. The van der Waals surface area contributed by atoms with Crippen molar-refractivity contribution in [3.63, 3.8) is 0 Å². The lowest BCUT2D eigenvalue weighted by atomic mass is 10.1. The molecule has 0 aliphatic rings. The Morgan fingerprint density at radius 2 is 1.87 bits per heavy atom. The van der Waals surface area contributed by atoms with Crippen LogP contribution in [0.4, 0.5) is 11.6 Å². The van der Waals surface area contributed by atoms with Crippen molar-refractivity contribution in [2.75, 3.05) is 19.5 Å². The van der Waals surface area contributed by atoms with Gasteiger partial charge in [-0.1, -0.05) is 0 Å². The number of aromatic nitrogens is 3. The van der Waals surface area contributed by atoms with Crippen molar-refractivity contribution in [1.29, 1.82) is 5.26 Å². The molecular formula is C21H18BrN5O4. The highest BCUT2D eigenvalue weighted by molar-refractivity contribution is 9.10. The number of methoxy groups -OCH3 is 2. The Morgan fingerprint density at radius 3 is 2.42 bits per heavy atom. The van der Waals surface area contributed by atoms with E-state index in [0.717, 1.165) is 11.1 Å². The summed E-state index contributed by atoms with van der Waals surface area (Å²) in [6.07, 6.45) is 1.54.